The van der Waals surface area contributed by atoms with Gasteiger partial charge in [-0.1, -0.05) is 0 Å². The first-order chi connectivity index (χ1) is 6.17. The molecule has 0 saturated heterocycles. The molecule has 4 heteroatoms. The van der Waals surface area contributed by atoms with Gasteiger partial charge >= 0.3 is 0 Å². The van der Waals surface area contributed by atoms with Crippen molar-refractivity contribution in [3.8, 4) is 6.07 Å². The van der Waals surface area contributed by atoms with Gasteiger partial charge in [-0.3, -0.25) is 0 Å². The lowest BCUT2D eigenvalue weighted by Crippen LogP contribution is -2.05. The average molecular weight is 260 g/mol. The highest BCUT2D eigenvalue weighted by molar-refractivity contribution is 9.10. The molecule has 1 aromatic heterocycles. The molecule has 13 heavy (non-hydrogen) atoms. The molecule has 0 fully saturated rings. The first-order valence-electron chi connectivity index (χ1n) is 3.92. The van der Waals surface area contributed by atoms with Gasteiger partial charge in [0.15, 0.2) is 0 Å². The second-order valence-electron chi connectivity index (χ2n) is 2.83. The van der Waals surface area contributed by atoms with Gasteiger partial charge < -0.3 is 5.11 Å². The van der Waals surface area contributed by atoms with Crippen LogP contribution in [0.15, 0.2) is 10.5 Å². The topological polar surface area (TPSA) is 44.0 Å². The van der Waals surface area contributed by atoms with Crippen molar-refractivity contribution in [2.75, 3.05) is 6.61 Å². The van der Waals surface area contributed by atoms with Crippen molar-refractivity contribution in [2.45, 2.75) is 13.3 Å². The zero-order chi connectivity index (χ0) is 9.84. The summed E-state index contributed by atoms with van der Waals surface area (Å²) >= 11 is 5.08. The van der Waals surface area contributed by atoms with Gasteiger partial charge in [0, 0.05) is 14.2 Å². The number of halogens is 1. The summed E-state index contributed by atoms with van der Waals surface area (Å²) in [5.74, 6) is -0.273. The fourth-order valence-corrected chi connectivity index (χ4v) is 2.69. The van der Waals surface area contributed by atoms with Gasteiger partial charge in [0.1, 0.15) is 0 Å². The van der Waals surface area contributed by atoms with E-state index in [-0.39, 0.29) is 12.5 Å². The second-order valence-corrected chi connectivity index (χ2v) is 5.02. The van der Waals surface area contributed by atoms with E-state index in [4.69, 9.17) is 10.4 Å². The van der Waals surface area contributed by atoms with Crippen molar-refractivity contribution in [3.05, 3.63) is 20.3 Å². The largest absolute Gasteiger partial charge is 0.395 e. The Morgan fingerprint density at radius 2 is 2.46 bits per heavy atom. The monoisotopic (exact) mass is 259 g/mol. The maximum atomic E-state index is 8.83. The fraction of sp³-hybridized carbons (Fsp3) is 0.444. The molecule has 0 unspecified atom stereocenters. The predicted octanol–water partition coefficient (Wildman–Crippen LogP) is 2.49. The van der Waals surface area contributed by atoms with Crippen LogP contribution in [0.5, 0.6) is 0 Å². The molecule has 1 rings (SSSR count). The number of hydrogen-bond acceptors (Lipinski definition) is 3. The SMILES string of the molecule is Cc1sc(C[C@@H](C#N)CO)cc1Br. The second kappa shape index (κ2) is 4.75. The molecule has 0 bridgehead atoms. The molecule has 0 aliphatic carbocycles. The summed E-state index contributed by atoms with van der Waals surface area (Å²) in [5, 5.41) is 17.5. The highest BCUT2D eigenvalue weighted by Crippen LogP contribution is 2.27. The molecule has 1 aromatic rings. The van der Waals surface area contributed by atoms with Crippen molar-refractivity contribution >= 4 is 27.3 Å². The van der Waals surface area contributed by atoms with Crippen LogP contribution in [-0.4, -0.2) is 11.7 Å². The molecule has 0 radical (unpaired) electrons. The maximum absolute atomic E-state index is 8.83. The molecular weight excluding hydrogens is 250 g/mol. The van der Waals surface area contributed by atoms with Crippen molar-refractivity contribution in [1.29, 1.82) is 5.26 Å². The third kappa shape index (κ3) is 2.80. The Bertz CT molecular complexity index is 309. The number of aryl methyl sites for hydroxylation is 1. The van der Waals surface area contributed by atoms with Crippen LogP contribution in [-0.2, 0) is 6.42 Å². The number of aliphatic hydroxyl groups excluding tert-OH is 1. The third-order valence-corrected chi connectivity index (χ3v) is 3.92. The number of thiophene rings is 1. The zero-order valence-electron chi connectivity index (χ0n) is 7.25. The van der Waals surface area contributed by atoms with E-state index in [1.165, 1.54) is 4.88 Å². The summed E-state index contributed by atoms with van der Waals surface area (Å²) in [4.78, 5) is 2.36. The van der Waals surface area contributed by atoms with Crippen LogP contribution in [0.2, 0.25) is 0 Å². The smallest absolute Gasteiger partial charge is 0.0742 e. The van der Waals surface area contributed by atoms with E-state index in [0.717, 1.165) is 9.35 Å². The number of rotatable bonds is 3. The highest BCUT2D eigenvalue weighted by atomic mass is 79.9. The first-order valence-corrected chi connectivity index (χ1v) is 5.53. The Morgan fingerprint density at radius 3 is 2.85 bits per heavy atom. The Morgan fingerprint density at radius 1 is 1.77 bits per heavy atom. The van der Waals surface area contributed by atoms with Crippen LogP contribution in [0.1, 0.15) is 9.75 Å². The van der Waals surface area contributed by atoms with Gasteiger partial charge in [-0.2, -0.15) is 5.26 Å². The minimum Gasteiger partial charge on any atom is -0.395 e. The molecule has 0 saturated carbocycles. The Labute approximate surface area is 90.0 Å². The van der Waals surface area contributed by atoms with Gasteiger partial charge in [0.25, 0.3) is 0 Å². The van der Waals surface area contributed by atoms with E-state index in [1.807, 2.05) is 13.0 Å². The van der Waals surface area contributed by atoms with Crippen LogP contribution < -0.4 is 0 Å². The molecule has 0 aliphatic rings. The minimum atomic E-state index is -0.273. The molecule has 0 spiro atoms. The fourth-order valence-electron chi connectivity index (χ4n) is 1.01. The van der Waals surface area contributed by atoms with E-state index in [2.05, 4.69) is 22.0 Å². The summed E-state index contributed by atoms with van der Waals surface area (Å²) in [5.41, 5.74) is 0. The van der Waals surface area contributed by atoms with Gasteiger partial charge in [-0.15, -0.1) is 11.3 Å². The number of nitriles is 1. The summed E-state index contributed by atoms with van der Waals surface area (Å²) in [6, 6.07) is 4.08. The van der Waals surface area contributed by atoms with Crippen molar-refractivity contribution in [3.63, 3.8) is 0 Å². The molecule has 1 atom stereocenters. The number of hydrogen-bond donors (Lipinski definition) is 1. The van der Waals surface area contributed by atoms with Crippen molar-refractivity contribution in [2.24, 2.45) is 5.92 Å². The van der Waals surface area contributed by atoms with Crippen molar-refractivity contribution < 1.29 is 5.11 Å². The van der Waals surface area contributed by atoms with Gasteiger partial charge in [-0.05, 0) is 35.3 Å². The van der Waals surface area contributed by atoms with E-state index in [0.29, 0.717) is 6.42 Å². The minimum absolute atomic E-state index is 0.0644. The quantitative estimate of drug-likeness (QED) is 0.907. The maximum Gasteiger partial charge on any atom is 0.0742 e. The summed E-state index contributed by atoms with van der Waals surface area (Å²) in [6.07, 6.45) is 0.643. The van der Waals surface area contributed by atoms with E-state index in [9.17, 15) is 0 Å². The Hall–Kier alpha value is -0.370. The summed E-state index contributed by atoms with van der Waals surface area (Å²) in [7, 11) is 0. The van der Waals surface area contributed by atoms with E-state index < -0.39 is 0 Å². The van der Waals surface area contributed by atoms with E-state index >= 15 is 0 Å². The van der Waals surface area contributed by atoms with Gasteiger partial charge in [0.2, 0.25) is 0 Å². The number of aliphatic hydroxyl groups is 1. The normalized spacial score (nSPS) is 12.5. The lowest BCUT2D eigenvalue weighted by molar-refractivity contribution is 0.256. The van der Waals surface area contributed by atoms with E-state index in [1.54, 1.807) is 11.3 Å². The van der Waals surface area contributed by atoms with Crippen molar-refractivity contribution in [1.82, 2.24) is 0 Å². The lowest BCUT2D eigenvalue weighted by atomic mass is 10.1. The first kappa shape index (κ1) is 10.7. The van der Waals surface area contributed by atoms with Crippen LogP contribution >= 0.6 is 27.3 Å². The lowest BCUT2D eigenvalue weighted by Gasteiger charge is -2.00. The summed E-state index contributed by atoms with van der Waals surface area (Å²) < 4.78 is 1.09. The molecule has 0 amide bonds. The van der Waals surface area contributed by atoms with Crippen LogP contribution in [0.4, 0.5) is 0 Å². The zero-order valence-corrected chi connectivity index (χ0v) is 9.65. The molecular formula is C9H10BrNOS. The average Bonchev–Trinajstić information content (AvgIpc) is 2.42. The Balaban J connectivity index is 2.69. The molecule has 0 aliphatic heterocycles. The molecule has 2 nitrogen and oxygen atoms in total. The van der Waals surface area contributed by atoms with Gasteiger partial charge in [0.05, 0.1) is 18.6 Å². The molecule has 1 heterocycles. The summed E-state index contributed by atoms with van der Waals surface area (Å²) in [6.45, 7) is 1.96. The molecule has 1 N–H and O–H groups in total. The molecule has 70 valence electrons. The van der Waals surface area contributed by atoms with Crippen LogP contribution in [0.25, 0.3) is 0 Å². The van der Waals surface area contributed by atoms with Gasteiger partial charge in [-0.25, -0.2) is 0 Å². The third-order valence-electron chi connectivity index (χ3n) is 1.76. The Kier molecular flexibility index (Phi) is 3.91. The van der Waals surface area contributed by atoms with Crippen LogP contribution in [0.3, 0.4) is 0 Å². The van der Waals surface area contributed by atoms with Crippen LogP contribution in [0, 0.1) is 24.2 Å². The standard InChI is InChI=1S/C9H10BrNOS/c1-6-9(10)3-8(13-6)2-7(4-11)5-12/h3,7,12H,2,5H2,1H3/t7-/m0/s1. The number of nitrogens with zero attached hydrogens (tertiary/aromatic N) is 1. The predicted molar refractivity (Wildman–Crippen MR) is 56.6 cm³/mol. The molecule has 0 aromatic carbocycles. The highest BCUT2D eigenvalue weighted by Gasteiger charge is 2.10.